The maximum absolute atomic E-state index is 7.57. The van der Waals surface area contributed by atoms with Gasteiger partial charge >= 0.3 is 26.2 Å². The van der Waals surface area contributed by atoms with E-state index in [9.17, 15) is 0 Å². The summed E-state index contributed by atoms with van der Waals surface area (Å²) in [5.41, 5.74) is 0. The fourth-order valence-corrected chi connectivity index (χ4v) is 0. The minimum Gasteiger partial charge on any atom is -0.397 e. The minimum atomic E-state index is 0. The molecule has 0 aromatic rings. The van der Waals surface area contributed by atoms with Crippen LogP contribution in [0.15, 0.2) is 0 Å². The summed E-state index contributed by atoms with van der Waals surface area (Å²) >= 11 is 0. The van der Waals surface area contributed by atoms with E-state index < -0.39 is 0 Å². The molecule has 0 aliphatic rings. The number of unbranched alkanes of at least 4 members (excludes halogenated alkanes) is 2. The Labute approximate surface area is 117 Å². The fourth-order valence-electron chi connectivity index (χ4n) is 0. The third kappa shape index (κ3) is 309. The molecule has 94 valence electrons. The normalized spacial score (nSPS) is 6.40. The van der Waals surface area contributed by atoms with Gasteiger partial charge in [-0.3, -0.25) is 0 Å². The molecule has 2 nitrogen and oxygen atoms in total. The summed E-state index contributed by atoms with van der Waals surface area (Å²) in [5.74, 6) is 0. The standard InChI is InChI=1S/2C4H9.2C2H6O.Zr/c2*1-3-4-2;2*1-2-3;/h2*1,3-4H2,2H3;2*3H,2H2,1H3;/q2*-1;;;+2. The van der Waals surface area contributed by atoms with Crippen molar-refractivity contribution in [2.45, 2.75) is 53.4 Å². The summed E-state index contributed by atoms with van der Waals surface area (Å²) in [6, 6.07) is 0. The summed E-state index contributed by atoms with van der Waals surface area (Å²) in [5, 5.41) is 15.1. The molecule has 0 saturated heterocycles. The van der Waals surface area contributed by atoms with Gasteiger partial charge in [0.25, 0.3) is 0 Å². The van der Waals surface area contributed by atoms with Crippen LogP contribution in [0.1, 0.15) is 53.4 Å². The largest absolute Gasteiger partial charge is 2.00 e. The van der Waals surface area contributed by atoms with Gasteiger partial charge in [-0.25, -0.2) is 0 Å². The Hall–Kier alpha value is 0.803. The van der Waals surface area contributed by atoms with Crippen LogP contribution in [0.5, 0.6) is 0 Å². The van der Waals surface area contributed by atoms with Crippen LogP contribution in [-0.2, 0) is 26.2 Å². The molecule has 0 atom stereocenters. The van der Waals surface area contributed by atoms with Crippen molar-refractivity contribution in [3.05, 3.63) is 13.8 Å². The third-order valence-electron chi connectivity index (χ3n) is 0.707. The van der Waals surface area contributed by atoms with Gasteiger partial charge < -0.3 is 24.1 Å². The predicted octanol–water partition coefficient (Wildman–Crippen LogP) is 3.24. The molecular formula is C12H30O2Zr. The van der Waals surface area contributed by atoms with E-state index in [0.29, 0.717) is 0 Å². The van der Waals surface area contributed by atoms with Crippen molar-refractivity contribution in [3.63, 3.8) is 0 Å². The summed E-state index contributed by atoms with van der Waals surface area (Å²) in [6.45, 7) is 15.3. The smallest absolute Gasteiger partial charge is 0.397 e. The van der Waals surface area contributed by atoms with Gasteiger partial charge in [0.1, 0.15) is 0 Å². The predicted molar refractivity (Wildman–Crippen MR) is 66.0 cm³/mol. The first-order chi connectivity index (χ1) is 6.66. The molecule has 0 spiro atoms. The first-order valence-electron chi connectivity index (χ1n) is 5.46. The fraction of sp³-hybridized carbons (Fsp3) is 0.833. The zero-order valence-electron chi connectivity index (χ0n) is 11.1. The number of hydrogen-bond donors (Lipinski definition) is 2. The number of hydrogen-bond acceptors (Lipinski definition) is 2. The van der Waals surface area contributed by atoms with Crippen molar-refractivity contribution in [1.82, 2.24) is 0 Å². The van der Waals surface area contributed by atoms with Gasteiger partial charge in [-0.1, -0.05) is 26.7 Å². The van der Waals surface area contributed by atoms with Gasteiger partial charge in [0, 0.05) is 13.2 Å². The second-order valence-electron chi connectivity index (χ2n) is 2.34. The Bertz CT molecular complexity index is 34.6. The Morgan fingerprint density at radius 2 is 0.800 bits per heavy atom. The van der Waals surface area contributed by atoms with Crippen LogP contribution in [0, 0.1) is 13.8 Å². The SMILES string of the molecule is CCO.CCO.[CH2-]CCC.[CH2-]CCC.[Zr+2]. The molecule has 0 bridgehead atoms. The molecule has 15 heavy (non-hydrogen) atoms. The Kier molecular flexibility index (Phi) is 121. The summed E-state index contributed by atoms with van der Waals surface area (Å²) in [6.07, 6.45) is 4.56. The summed E-state index contributed by atoms with van der Waals surface area (Å²) in [7, 11) is 0. The van der Waals surface area contributed by atoms with Crippen LogP contribution in [0.25, 0.3) is 0 Å². The van der Waals surface area contributed by atoms with Gasteiger partial charge in [-0.2, -0.15) is 12.8 Å². The summed E-state index contributed by atoms with van der Waals surface area (Å²) < 4.78 is 0. The van der Waals surface area contributed by atoms with Gasteiger partial charge in [-0.05, 0) is 13.8 Å². The average molecular weight is 298 g/mol. The zero-order valence-corrected chi connectivity index (χ0v) is 13.5. The third-order valence-corrected chi connectivity index (χ3v) is 0.707. The maximum Gasteiger partial charge on any atom is 2.00 e. The van der Waals surface area contributed by atoms with Gasteiger partial charge in [-0.15, -0.1) is 0 Å². The zero-order chi connectivity index (χ0) is 12.2. The van der Waals surface area contributed by atoms with Crippen LogP contribution in [0.2, 0.25) is 0 Å². The second kappa shape index (κ2) is 60.9. The maximum atomic E-state index is 7.57. The van der Waals surface area contributed by atoms with E-state index in [4.69, 9.17) is 10.2 Å². The Morgan fingerprint density at radius 1 is 0.733 bits per heavy atom. The van der Waals surface area contributed by atoms with Crippen LogP contribution in [-0.4, -0.2) is 23.4 Å². The number of aliphatic hydroxyl groups is 2. The molecule has 0 amide bonds. The van der Waals surface area contributed by atoms with Gasteiger partial charge in [0.15, 0.2) is 0 Å². The van der Waals surface area contributed by atoms with E-state index in [-0.39, 0.29) is 39.4 Å². The molecule has 0 radical (unpaired) electrons. The van der Waals surface area contributed by atoms with Crippen LogP contribution < -0.4 is 0 Å². The van der Waals surface area contributed by atoms with E-state index in [0.717, 1.165) is 12.8 Å². The van der Waals surface area contributed by atoms with E-state index in [2.05, 4.69) is 27.7 Å². The first kappa shape index (κ1) is 29.7. The molecule has 0 unspecified atom stereocenters. The first-order valence-corrected chi connectivity index (χ1v) is 5.46. The molecule has 0 aliphatic carbocycles. The molecule has 0 saturated carbocycles. The molecule has 0 rings (SSSR count). The van der Waals surface area contributed by atoms with Crippen LogP contribution >= 0.6 is 0 Å². The van der Waals surface area contributed by atoms with Crippen molar-refractivity contribution in [1.29, 1.82) is 0 Å². The Balaban J connectivity index is -0.0000000293. The molecule has 0 aromatic carbocycles. The summed E-state index contributed by atoms with van der Waals surface area (Å²) in [4.78, 5) is 0. The van der Waals surface area contributed by atoms with E-state index in [1.807, 2.05) is 0 Å². The number of aliphatic hydroxyl groups excluding tert-OH is 2. The van der Waals surface area contributed by atoms with Crippen molar-refractivity contribution >= 4 is 0 Å². The van der Waals surface area contributed by atoms with Crippen molar-refractivity contribution in [3.8, 4) is 0 Å². The van der Waals surface area contributed by atoms with Gasteiger partial charge in [0.2, 0.25) is 0 Å². The molecule has 0 heterocycles. The molecule has 0 fully saturated rings. The van der Waals surface area contributed by atoms with E-state index in [1.165, 1.54) is 12.8 Å². The average Bonchev–Trinajstić information content (AvgIpc) is 2.20. The van der Waals surface area contributed by atoms with Gasteiger partial charge in [0.05, 0.1) is 0 Å². The minimum absolute atomic E-state index is 0. The molecule has 0 aliphatic heterocycles. The molecular weight excluding hydrogens is 267 g/mol. The molecule has 0 aromatic heterocycles. The second-order valence-corrected chi connectivity index (χ2v) is 2.34. The van der Waals surface area contributed by atoms with Crippen molar-refractivity contribution in [2.24, 2.45) is 0 Å². The number of rotatable bonds is 2. The topological polar surface area (TPSA) is 40.5 Å². The Morgan fingerprint density at radius 3 is 0.800 bits per heavy atom. The monoisotopic (exact) mass is 296 g/mol. The molecule has 3 heteroatoms. The van der Waals surface area contributed by atoms with E-state index in [1.54, 1.807) is 13.8 Å². The van der Waals surface area contributed by atoms with Crippen molar-refractivity contribution in [2.75, 3.05) is 13.2 Å². The van der Waals surface area contributed by atoms with Crippen molar-refractivity contribution < 1.29 is 36.4 Å². The van der Waals surface area contributed by atoms with E-state index >= 15 is 0 Å². The van der Waals surface area contributed by atoms with Crippen LogP contribution in [0.3, 0.4) is 0 Å². The molecule has 2 N–H and O–H groups in total. The quantitative estimate of drug-likeness (QED) is 0.768. The van der Waals surface area contributed by atoms with Crippen LogP contribution in [0.4, 0.5) is 0 Å².